The number of nitrogens with one attached hydrogen (secondary N) is 1. The standard InChI is InChI=1S/C11H16N2O2/c1-9-2-4-10(5-3-9)8-13-6-7-15-11(12)14/h2-5,13H,6-8H2,1H3,(H2,12,14). The maximum Gasteiger partial charge on any atom is 0.404 e. The van der Waals surface area contributed by atoms with Gasteiger partial charge in [-0.3, -0.25) is 0 Å². The van der Waals surface area contributed by atoms with Gasteiger partial charge in [0.2, 0.25) is 0 Å². The summed E-state index contributed by atoms with van der Waals surface area (Å²) in [4.78, 5) is 10.2. The van der Waals surface area contributed by atoms with Crippen molar-refractivity contribution in [2.45, 2.75) is 13.5 Å². The van der Waals surface area contributed by atoms with Gasteiger partial charge in [0.05, 0.1) is 0 Å². The molecule has 3 N–H and O–H groups in total. The second-order valence-electron chi connectivity index (χ2n) is 3.33. The Bertz CT molecular complexity index is 309. The van der Waals surface area contributed by atoms with Crippen molar-refractivity contribution < 1.29 is 9.53 Å². The third-order valence-corrected chi connectivity index (χ3v) is 1.97. The van der Waals surface area contributed by atoms with Crippen LogP contribution >= 0.6 is 0 Å². The second kappa shape index (κ2) is 6.03. The summed E-state index contributed by atoms with van der Waals surface area (Å²) in [6.45, 7) is 3.73. The first-order valence-electron chi connectivity index (χ1n) is 4.87. The minimum absolute atomic E-state index is 0.307. The number of ether oxygens (including phenoxy) is 1. The number of amides is 1. The zero-order valence-electron chi connectivity index (χ0n) is 8.82. The molecule has 0 unspecified atom stereocenters. The van der Waals surface area contributed by atoms with Crippen LogP contribution in [0.3, 0.4) is 0 Å². The molecular weight excluding hydrogens is 192 g/mol. The lowest BCUT2D eigenvalue weighted by molar-refractivity contribution is 0.157. The van der Waals surface area contributed by atoms with E-state index in [1.54, 1.807) is 0 Å². The fraction of sp³-hybridized carbons (Fsp3) is 0.364. The predicted molar refractivity (Wildman–Crippen MR) is 58.4 cm³/mol. The van der Waals surface area contributed by atoms with Gasteiger partial charge in [-0.2, -0.15) is 0 Å². The molecule has 0 bridgehead atoms. The first-order valence-corrected chi connectivity index (χ1v) is 4.87. The van der Waals surface area contributed by atoms with Crippen molar-refractivity contribution in [3.8, 4) is 0 Å². The molecular formula is C11H16N2O2. The van der Waals surface area contributed by atoms with Gasteiger partial charge in [0.25, 0.3) is 0 Å². The molecule has 4 heteroatoms. The number of hydrogen-bond acceptors (Lipinski definition) is 3. The topological polar surface area (TPSA) is 64.3 Å². The predicted octanol–water partition coefficient (Wildman–Crippen LogP) is 1.18. The Morgan fingerprint density at radius 2 is 2.07 bits per heavy atom. The Morgan fingerprint density at radius 1 is 1.40 bits per heavy atom. The lowest BCUT2D eigenvalue weighted by atomic mass is 10.1. The number of primary amides is 1. The van der Waals surface area contributed by atoms with Crippen LogP contribution in [-0.2, 0) is 11.3 Å². The van der Waals surface area contributed by atoms with E-state index < -0.39 is 6.09 Å². The number of hydrogen-bond donors (Lipinski definition) is 2. The van der Waals surface area contributed by atoms with E-state index in [0.717, 1.165) is 6.54 Å². The zero-order chi connectivity index (χ0) is 11.1. The molecule has 0 spiro atoms. The average molecular weight is 208 g/mol. The van der Waals surface area contributed by atoms with E-state index in [2.05, 4.69) is 41.2 Å². The summed E-state index contributed by atoms with van der Waals surface area (Å²) >= 11 is 0. The highest BCUT2D eigenvalue weighted by Gasteiger charge is 1.94. The zero-order valence-corrected chi connectivity index (χ0v) is 8.82. The quantitative estimate of drug-likeness (QED) is 0.714. The molecule has 0 aliphatic rings. The minimum Gasteiger partial charge on any atom is -0.448 e. The van der Waals surface area contributed by atoms with Crippen LogP contribution in [0.25, 0.3) is 0 Å². The highest BCUT2D eigenvalue weighted by Crippen LogP contribution is 2.01. The van der Waals surface area contributed by atoms with Crippen LogP contribution in [0.2, 0.25) is 0 Å². The Balaban J connectivity index is 2.15. The number of carbonyl (C=O) groups excluding carboxylic acids is 1. The SMILES string of the molecule is Cc1ccc(CNCCOC(N)=O)cc1. The molecule has 4 nitrogen and oxygen atoms in total. The smallest absolute Gasteiger partial charge is 0.404 e. The number of carbonyl (C=O) groups is 1. The molecule has 0 aliphatic heterocycles. The Labute approximate surface area is 89.4 Å². The first kappa shape index (κ1) is 11.5. The van der Waals surface area contributed by atoms with Crippen molar-refractivity contribution in [2.24, 2.45) is 5.73 Å². The molecule has 1 amide bonds. The molecule has 1 aromatic rings. The van der Waals surface area contributed by atoms with Crippen LogP contribution in [0.15, 0.2) is 24.3 Å². The van der Waals surface area contributed by atoms with Crippen molar-refractivity contribution in [2.75, 3.05) is 13.2 Å². The lowest BCUT2D eigenvalue weighted by Crippen LogP contribution is -2.23. The van der Waals surface area contributed by atoms with Crippen molar-refractivity contribution >= 4 is 6.09 Å². The van der Waals surface area contributed by atoms with Crippen LogP contribution < -0.4 is 11.1 Å². The van der Waals surface area contributed by atoms with E-state index in [1.807, 2.05) is 0 Å². The van der Waals surface area contributed by atoms with Gasteiger partial charge in [-0.25, -0.2) is 4.79 Å². The van der Waals surface area contributed by atoms with E-state index in [0.29, 0.717) is 13.2 Å². The summed E-state index contributed by atoms with van der Waals surface area (Å²) in [7, 11) is 0. The van der Waals surface area contributed by atoms with Crippen molar-refractivity contribution in [1.82, 2.24) is 5.32 Å². The maximum atomic E-state index is 10.2. The Morgan fingerprint density at radius 3 is 2.67 bits per heavy atom. The molecule has 15 heavy (non-hydrogen) atoms. The Kier molecular flexibility index (Phi) is 4.63. The maximum absolute atomic E-state index is 10.2. The minimum atomic E-state index is -0.730. The monoisotopic (exact) mass is 208 g/mol. The average Bonchev–Trinajstić information content (AvgIpc) is 2.20. The number of nitrogens with two attached hydrogens (primary N) is 1. The lowest BCUT2D eigenvalue weighted by Gasteiger charge is -2.05. The van der Waals surface area contributed by atoms with Gasteiger partial charge in [-0.05, 0) is 12.5 Å². The number of aryl methyl sites for hydroxylation is 1. The van der Waals surface area contributed by atoms with Gasteiger partial charge in [-0.15, -0.1) is 0 Å². The molecule has 0 saturated heterocycles. The van der Waals surface area contributed by atoms with Crippen molar-refractivity contribution in [3.63, 3.8) is 0 Å². The summed E-state index contributed by atoms with van der Waals surface area (Å²) < 4.78 is 4.58. The van der Waals surface area contributed by atoms with Gasteiger partial charge < -0.3 is 15.8 Å². The van der Waals surface area contributed by atoms with Gasteiger partial charge in [-0.1, -0.05) is 29.8 Å². The molecule has 0 aromatic heterocycles. The Hall–Kier alpha value is -1.55. The van der Waals surface area contributed by atoms with Crippen molar-refractivity contribution in [3.05, 3.63) is 35.4 Å². The molecule has 1 rings (SSSR count). The first-order chi connectivity index (χ1) is 7.18. The summed E-state index contributed by atoms with van der Waals surface area (Å²) in [5.74, 6) is 0. The van der Waals surface area contributed by atoms with Crippen LogP contribution in [0.4, 0.5) is 4.79 Å². The summed E-state index contributed by atoms with van der Waals surface area (Å²) in [5, 5.41) is 3.14. The highest BCUT2D eigenvalue weighted by atomic mass is 16.5. The summed E-state index contributed by atoms with van der Waals surface area (Å²) in [6.07, 6.45) is -0.730. The molecule has 0 atom stereocenters. The van der Waals surface area contributed by atoms with Gasteiger partial charge in [0, 0.05) is 13.1 Å². The van der Waals surface area contributed by atoms with Crippen LogP contribution in [0, 0.1) is 6.92 Å². The third-order valence-electron chi connectivity index (χ3n) is 1.97. The third kappa shape index (κ3) is 5.02. The fourth-order valence-electron chi connectivity index (χ4n) is 1.16. The molecule has 0 radical (unpaired) electrons. The van der Waals surface area contributed by atoms with E-state index in [-0.39, 0.29) is 0 Å². The van der Waals surface area contributed by atoms with Gasteiger partial charge in [0.15, 0.2) is 0 Å². The number of rotatable bonds is 5. The van der Waals surface area contributed by atoms with E-state index in [1.165, 1.54) is 11.1 Å². The molecule has 0 aliphatic carbocycles. The van der Waals surface area contributed by atoms with Gasteiger partial charge in [0.1, 0.15) is 6.61 Å². The van der Waals surface area contributed by atoms with Gasteiger partial charge >= 0.3 is 6.09 Å². The normalized spacial score (nSPS) is 9.93. The van der Waals surface area contributed by atoms with Crippen LogP contribution in [0.5, 0.6) is 0 Å². The van der Waals surface area contributed by atoms with Crippen LogP contribution in [0.1, 0.15) is 11.1 Å². The van der Waals surface area contributed by atoms with Crippen LogP contribution in [-0.4, -0.2) is 19.2 Å². The summed E-state index contributed by atoms with van der Waals surface area (Å²) in [6, 6.07) is 8.27. The fourth-order valence-corrected chi connectivity index (χ4v) is 1.16. The largest absolute Gasteiger partial charge is 0.448 e. The molecule has 0 heterocycles. The van der Waals surface area contributed by atoms with E-state index >= 15 is 0 Å². The second-order valence-corrected chi connectivity index (χ2v) is 3.33. The van der Waals surface area contributed by atoms with E-state index in [4.69, 9.17) is 5.73 Å². The molecule has 1 aromatic carbocycles. The molecule has 0 fully saturated rings. The highest BCUT2D eigenvalue weighted by molar-refractivity contribution is 5.64. The number of benzene rings is 1. The molecule has 0 saturated carbocycles. The van der Waals surface area contributed by atoms with Crippen molar-refractivity contribution in [1.29, 1.82) is 0 Å². The molecule has 82 valence electrons. The van der Waals surface area contributed by atoms with E-state index in [9.17, 15) is 4.79 Å². The summed E-state index contributed by atoms with van der Waals surface area (Å²) in [5.41, 5.74) is 7.27.